The maximum absolute atomic E-state index is 13.0. The van der Waals surface area contributed by atoms with Crippen molar-refractivity contribution in [1.82, 2.24) is 0 Å². The Kier molecular flexibility index (Phi) is 8.65. The number of hydrogen-bond donors (Lipinski definition) is 0. The number of halogens is 21. The second-order valence-corrected chi connectivity index (χ2v) is 6.72. The third-order valence-corrected chi connectivity index (χ3v) is 3.89. The van der Waals surface area contributed by atoms with Crippen molar-refractivity contribution in [3.63, 3.8) is 0 Å². The summed E-state index contributed by atoms with van der Waals surface area (Å²) in [5, 5.41) is -13.0. The lowest BCUT2D eigenvalue weighted by Gasteiger charge is -2.42. The molecule has 0 aromatic heterocycles. The van der Waals surface area contributed by atoms with E-state index < -0.39 is 62.5 Å². The van der Waals surface area contributed by atoms with E-state index in [0.717, 1.165) is 0 Å². The average molecular weight is 589 g/mol. The van der Waals surface area contributed by atoms with Gasteiger partial charge >= 0.3 is 52.3 Å². The first kappa shape index (κ1) is 34.6. The van der Waals surface area contributed by atoms with Gasteiger partial charge in [0.2, 0.25) is 0 Å². The average Bonchev–Trinajstić information content (AvgIpc) is 2.49. The molecule has 0 spiro atoms. The Labute approximate surface area is 169 Å². The molecule has 0 atom stereocenters. The van der Waals surface area contributed by atoms with Gasteiger partial charge in [0.05, 0.1) is 0 Å². The van der Waals surface area contributed by atoms with Crippen molar-refractivity contribution >= 4 is 10.1 Å². The van der Waals surface area contributed by atoms with Crippen LogP contribution >= 0.6 is 0 Å². The van der Waals surface area contributed by atoms with Crippen LogP contribution in [0.5, 0.6) is 0 Å². The lowest BCUT2D eigenvalue weighted by atomic mass is 9.91. The summed E-state index contributed by atoms with van der Waals surface area (Å²) < 4.78 is 283. The molecule has 0 amide bonds. The van der Waals surface area contributed by atoms with E-state index in [0.29, 0.717) is 0 Å². The lowest BCUT2D eigenvalue weighted by Crippen LogP contribution is -2.75. The highest BCUT2D eigenvalue weighted by Crippen LogP contribution is 2.64. The molecule has 0 saturated heterocycles. The molecule has 208 valence electrons. The maximum Gasteiger partial charge on any atom is 0.460 e. The molecule has 0 aliphatic heterocycles. The smallest absolute Gasteiger partial charge is 0.460 e. The van der Waals surface area contributed by atoms with Gasteiger partial charge in [-0.15, -0.1) is 0 Å². The molecule has 0 bridgehead atoms. The van der Waals surface area contributed by atoms with Crippen molar-refractivity contribution in [3.05, 3.63) is 0 Å². The fourth-order valence-electron chi connectivity index (χ4n) is 1.31. The van der Waals surface area contributed by atoms with Crippen LogP contribution in [0.3, 0.4) is 0 Å². The topological polar surface area (TPSA) is 57.2 Å². The van der Waals surface area contributed by atoms with Crippen molar-refractivity contribution in [2.75, 3.05) is 0 Å². The summed E-state index contributed by atoms with van der Waals surface area (Å²) in [6.45, 7) is 0. The molecule has 0 aliphatic carbocycles. The van der Waals surface area contributed by atoms with E-state index in [2.05, 4.69) is 0 Å². The van der Waals surface area contributed by atoms with Gasteiger partial charge < -0.3 is 4.55 Å². The van der Waals surface area contributed by atoms with Crippen molar-refractivity contribution in [3.8, 4) is 0 Å². The summed E-state index contributed by atoms with van der Waals surface area (Å²) in [6.07, 6.45) is -7.89. The van der Waals surface area contributed by atoms with E-state index in [4.69, 9.17) is 0 Å². The highest BCUT2D eigenvalue weighted by molar-refractivity contribution is 7.86. The Morgan fingerprint density at radius 3 is 0.794 bits per heavy atom. The molecule has 26 heteroatoms. The molecular formula is C8F21NO3S. The normalized spacial score (nSPS) is 16.2. The molecule has 34 heavy (non-hydrogen) atoms. The van der Waals surface area contributed by atoms with Gasteiger partial charge in [-0.05, 0) is 0 Å². The van der Waals surface area contributed by atoms with Gasteiger partial charge in [0.15, 0.2) is 10.1 Å². The highest BCUT2D eigenvalue weighted by Gasteiger charge is 2.95. The molecule has 0 N–H and O–H groups in total. The number of rotatable bonds is 7. The zero-order valence-corrected chi connectivity index (χ0v) is 14.8. The Morgan fingerprint density at radius 2 is 0.618 bits per heavy atom. The van der Waals surface area contributed by atoms with Crippen LogP contribution in [0, 0.1) is 0 Å². The van der Waals surface area contributed by atoms with Crippen LogP contribution in [-0.2, 0) is 10.1 Å². The summed E-state index contributed by atoms with van der Waals surface area (Å²) in [7, 11) is -8.14. The minimum atomic E-state index is -8.92. The fraction of sp³-hybridized carbons (Fsp3) is 1.00. The van der Waals surface area contributed by atoms with Crippen LogP contribution in [0.1, 0.15) is 0 Å². The van der Waals surface area contributed by atoms with E-state index >= 15 is 0 Å². The standard InChI is InChI=1S/C8HF17O3S.F4N/c9-1(10,3(13,14)5(17,18)7(21,22)23)2(11,12)4(15,16)6(19,20)8(24,25)29(26,27)28;1-5(2,3)4/h(H,26,27,28);/q;+1/p-1. The summed E-state index contributed by atoms with van der Waals surface area (Å²) in [6, 6.07) is 0. The number of quaternary nitrogens is 1. The van der Waals surface area contributed by atoms with Crippen molar-refractivity contribution in [2.45, 2.75) is 47.0 Å². The fourth-order valence-corrected chi connectivity index (χ4v) is 1.75. The van der Waals surface area contributed by atoms with Gasteiger partial charge in [-0.25, -0.2) is 8.42 Å². The van der Waals surface area contributed by atoms with Gasteiger partial charge in [0.25, 0.3) is 0 Å². The molecule has 0 saturated carbocycles. The summed E-state index contributed by atoms with van der Waals surface area (Å²) in [5.74, 6) is -52.1. The maximum atomic E-state index is 13.0. The van der Waals surface area contributed by atoms with Crippen LogP contribution in [-0.4, -0.2) is 65.3 Å². The van der Waals surface area contributed by atoms with Gasteiger partial charge in [-0.3, -0.25) is 0 Å². The third kappa shape index (κ3) is 5.30. The molecular weight excluding hydrogens is 589 g/mol. The molecule has 0 heterocycles. The van der Waals surface area contributed by atoms with Crippen LogP contribution in [0.15, 0.2) is 0 Å². The molecule has 0 aliphatic rings. The third-order valence-electron chi connectivity index (χ3n) is 3.01. The highest BCUT2D eigenvalue weighted by atomic mass is 32.2. The molecule has 0 aromatic carbocycles. The van der Waals surface area contributed by atoms with Crippen LogP contribution < -0.4 is 0 Å². The van der Waals surface area contributed by atoms with Crippen LogP contribution in [0.4, 0.5) is 92.6 Å². The van der Waals surface area contributed by atoms with E-state index in [1.165, 1.54) is 0 Å². The van der Waals surface area contributed by atoms with E-state index in [1.807, 2.05) is 0 Å². The number of hydrogen-bond acceptors (Lipinski definition) is 3. The molecule has 0 aromatic rings. The minimum Gasteiger partial charge on any atom is -0.743 e. The second-order valence-electron chi connectivity index (χ2n) is 5.30. The Balaban J connectivity index is 0. The molecule has 4 nitrogen and oxygen atoms in total. The summed E-state index contributed by atoms with van der Waals surface area (Å²) in [4.78, 5) is 0. The zero-order valence-electron chi connectivity index (χ0n) is 14.0. The van der Waals surface area contributed by atoms with Gasteiger partial charge in [0.1, 0.15) is 17.9 Å². The number of nitrogens with zero attached hydrogens (tertiary/aromatic N) is 1. The lowest BCUT2D eigenvalue weighted by molar-refractivity contribution is -1.36. The first-order chi connectivity index (χ1) is 14.0. The predicted octanol–water partition coefficient (Wildman–Crippen LogP) is 5.84. The Morgan fingerprint density at radius 1 is 0.441 bits per heavy atom. The predicted molar refractivity (Wildman–Crippen MR) is 55.1 cm³/mol. The zero-order chi connectivity index (χ0) is 29.0. The van der Waals surface area contributed by atoms with Crippen LogP contribution in [0.2, 0.25) is 0 Å². The van der Waals surface area contributed by atoms with Gasteiger partial charge in [-0.1, -0.05) is 0 Å². The summed E-state index contributed by atoms with van der Waals surface area (Å²) in [5.41, 5.74) is 0. The van der Waals surface area contributed by atoms with E-state index in [9.17, 15) is 106 Å². The largest absolute Gasteiger partial charge is 0.743 e. The van der Waals surface area contributed by atoms with E-state index in [-0.39, 0.29) is 0 Å². The van der Waals surface area contributed by atoms with Crippen molar-refractivity contribution in [2.24, 2.45) is 0 Å². The van der Waals surface area contributed by atoms with Crippen molar-refractivity contribution in [1.29, 1.82) is 0 Å². The molecule has 0 fully saturated rings. The number of alkyl halides is 17. The van der Waals surface area contributed by atoms with Gasteiger partial charge in [0, 0.05) is 0 Å². The van der Waals surface area contributed by atoms with Gasteiger partial charge in [-0.2, -0.15) is 74.6 Å². The summed E-state index contributed by atoms with van der Waals surface area (Å²) >= 11 is 0. The quantitative estimate of drug-likeness (QED) is 0.213. The second kappa shape index (κ2) is 8.51. The van der Waals surface area contributed by atoms with E-state index in [1.54, 1.807) is 0 Å². The first-order valence-electron chi connectivity index (χ1n) is 6.34. The minimum absolute atomic E-state index is 5.00. The van der Waals surface area contributed by atoms with Crippen LogP contribution in [0.25, 0.3) is 0 Å². The Hall–Kier alpha value is -1.60. The molecule has 0 unspecified atom stereocenters. The first-order valence-corrected chi connectivity index (χ1v) is 7.75. The molecule has 0 radical (unpaired) electrons. The Bertz CT molecular complexity index is 816. The molecule has 0 rings (SSSR count). The van der Waals surface area contributed by atoms with Crippen molar-refractivity contribution < 1.29 is 111 Å². The monoisotopic (exact) mass is 589 g/mol. The SMILES string of the molecule is F[N+](F)(F)F.O=S(=O)([O-])C(F)(F)C(F)(F)C(F)(F)C(F)(F)C(F)(F)C(F)(F)C(F)(F)C(F)(F)F.